The summed E-state index contributed by atoms with van der Waals surface area (Å²) in [7, 11) is 4.31. The number of nitrogens with one attached hydrogen (secondary N) is 3. The van der Waals surface area contributed by atoms with Gasteiger partial charge in [0.1, 0.15) is 17.1 Å². The van der Waals surface area contributed by atoms with Gasteiger partial charge in [-0.25, -0.2) is 0 Å². The Morgan fingerprint density at radius 3 is 2.53 bits per heavy atom. The van der Waals surface area contributed by atoms with Gasteiger partial charge >= 0.3 is 0 Å². The van der Waals surface area contributed by atoms with E-state index in [-0.39, 0.29) is 11.3 Å². The van der Waals surface area contributed by atoms with E-state index in [1.807, 2.05) is 66.9 Å². The molecule has 5 aromatic rings. The first-order valence-electron chi connectivity index (χ1n) is 11.9. The topological polar surface area (TPSA) is 79.3 Å². The van der Waals surface area contributed by atoms with E-state index in [1.54, 1.807) is 7.05 Å². The van der Waals surface area contributed by atoms with Gasteiger partial charge < -0.3 is 19.6 Å². The highest BCUT2D eigenvalue weighted by molar-refractivity contribution is 7.27. The summed E-state index contributed by atoms with van der Waals surface area (Å²) in [6.07, 6.45) is 1.89. The molecule has 1 atom stereocenters. The van der Waals surface area contributed by atoms with Gasteiger partial charge in [-0.1, -0.05) is 57.2 Å². The summed E-state index contributed by atoms with van der Waals surface area (Å²) in [6.45, 7) is 7.16. The molecule has 2 heterocycles. The molecule has 3 N–H and O–H groups in total. The van der Waals surface area contributed by atoms with Gasteiger partial charge in [-0.15, -0.1) is 9.24 Å². The standard InChI is InChI=1S/C29H30N3O3P/c1-29(2,3)16-32-35-19-7-5-6-18(14-19)22-15-23-24(28(33)30-4)26(17-8-10-20(36)11-9-17)34-27(23)21-12-13-31-25(21)22/h5-15,31-32H,16,36H2,1-4H3,(H,30,33). The molecule has 1 unspecified atom stereocenters. The number of carbonyl (C=O) groups excluding carboxylic acids is 1. The number of furan rings is 1. The second-order valence-electron chi connectivity index (χ2n) is 10.1. The number of H-pyrrole nitrogens is 1. The molecule has 0 aliphatic rings. The Hall–Kier alpha value is -3.60. The summed E-state index contributed by atoms with van der Waals surface area (Å²) in [4.78, 5) is 22.3. The van der Waals surface area contributed by atoms with Crippen molar-refractivity contribution in [3.63, 3.8) is 0 Å². The lowest BCUT2D eigenvalue weighted by Gasteiger charge is -2.19. The van der Waals surface area contributed by atoms with Crippen molar-refractivity contribution in [3.05, 3.63) is 72.4 Å². The Bertz CT molecular complexity index is 1560. The molecule has 0 saturated carbocycles. The van der Waals surface area contributed by atoms with E-state index in [2.05, 4.69) is 45.8 Å². The van der Waals surface area contributed by atoms with Crippen LogP contribution in [-0.4, -0.2) is 24.5 Å². The van der Waals surface area contributed by atoms with Crippen molar-refractivity contribution < 1.29 is 14.0 Å². The fourth-order valence-corrected chi connectivity index (χ4v) is 4.45. The molecular weight excluding hydrogens is 469 g/mol. The normalized spacial score (nSPS) is 11.8. The molecule has 5 rings (SSSR count). The first-order valence-corrected chi connectivity index (χ1v) is 12.5. The molecule has 0 aliphatic carbocycles. The largest absolute Gasteiger partial charge is 0.454 e. The zero-order chi connectivity index (χ0) is 25.4. The molecule has 0 fully saturated rings. The molecule has 0 radical (unpaired) electrons. The smallest absolute Gasteiger partial charge is 0.255 e. The van der Waals surface area contributed by atoms with Crippen LogP contribution in [0, 0.1) is 5.41 Å². The van der Waals surface area contributed by atoms with Gasteiger partial charge in [0.2, 0.25) is 0 Å². The van der Waals surface area contributed by atoms with Crippen LogP contribution in [0.25, 0.3) is 44.3 Å². The van der Waals surface area contributed by atoms with Gasteiger partial charge in [-0.2, -0.15) is 5.48 Å². The monoisotopic (exact) mass is 499 g/mol. The number of hydrogen-bond acceptors (Lipinski definition) is 4. The average molecular weight is 500 g/mol. The molecule has 0 bridgehead atoms. The Kier molecular flexibility index (Phi) is 6.33. The molecular formula is C29H30N3O3P. The number of fused-ring (bicyclic) bond motifs is 3. The van der Waals surface area contributed by atoms with E-state index >= 15 is 0 Å². The molecule has 7 heteroatoms. The molecule has 36 heavy (non-hydrogen) atoms. The maximum Gasteiger partial charge on any atom is 0.255 e. The minimum Gasteiger partial charge on any atom is -0.454 e. The van der Waals surface area contributed by atoms with E-state index < -0.39 is 0 Å². The van der Waals surface area contributed by atoms with Crippen molar-refractivity contribution in [3.8, 4) is 28.2 Å². The Morgan fingerprint density at radius 2 is 1.81 bits per heavy atom. The molecule has 0 saturated heterocycles. The fourth-order valence-electron chi connectivity index (χ4n) is 4.26. The molecule has 2 aromatic heterocycles. The third-order valence-corrected chi connectivity index (χ3v) is 6.44. The fraction of sp³-hybridized carbons (Fsp3) is 0.207. The van der Waals surface area contributed by atoms with Crippen molar-refractivity contribution in [2.75, 3.05) is 13.6 Å². The van der Waals surface area contributed by atoms with Crippen LogP contribution in [0.2, 0.25) is 0 Å². The van der Waals surface area contributed by atoms with E-state index in [4.69, 9.17) is 9.25 Å². The molecule has 6 nitrogen and oxygen atoms in total. The lowest BCUT2D eigenvalue weighted by atomic mass is 9.97. The van der Waals surface area contributed by atoms with Crippen LogP contribution in [0.1, 0.15) is 31.1 Å². The van der Waals surface area contributed by atoms with Crippen molar-refractivity contribution >= 4 is 42.3 Å². The molecule has 1 amide bonds. The number of aromatic amines is 1. The Labute approximate surface area is 212 Å². The number of aromatic nitrogens is 1. The molecule has 0 spiro atoms. The molecule has 0 aliphatic heterocycles. The lowest BCUT2D eigenvalue weighted by molar-refractivity contribution is 0.0964. The van der Waals surface area contributed by atoms with Gasteiger partial charge in [0.25, 0.3) is 5.91 Å². The van der Waals surface area contributed by atoms with Crippen LogP contribution in [0.4, 0.5) is 0 Å². The molecule has 184 valence electrons. The first-order chi connectivity index (χ1) is 17.2. The van der Waals surface area contributed by atoms with Crippen LogP contribution in [0.5, 0.6) is 5.75 Å². The summed E-state index contributed by atoms with van der Waals surface area (Å²) in [5, 5.41) is 5.53. The van der Waals surface area contributed by atoms with E-state index in [9.17, 15) is 4.79 Å². The van der Waals surface area contributed by atoms with Crippen molar-refractivity contribution in [1.29, 1.82) is 0 Å². The SMILES string of the molecule is CNC(=O)c1c(-c2ccc(P)cc2)oc2c1cc(-c1cccc(ONCC(C)(C)C)c1)c1[nH]ccc12. The number of hydroxylamine groups is 1. The summed E-state index contributed by atoms with van der Waals surface area (Å²) < 4.78 is 6.40. The minimum absolute atomic E-state index is 0.102. The van der Waals surface area contributed by atoms with Gasteiger partial charge in [0.05, 0.1) is 11.1 Å². The first kappa shape index (κ1) is 24.1. The number of benzene rings is 3. The summed E-state index contributed by atoms with van der Waals surface area (Å²) >= 11 is 0. The van der Waals surface area contributed by atoms with Crippen LogP contribution in [0.3, 0.4) is 0 Å². The van der Waals surface area contributed by atoms with Gasteiger partial charge in [0, 0.05) is 41.7 Å². The number of amides is 1. The highest BCUT2D eigenvalue weighted by Crippen LogP contribution is 2.41. The summed E-state index contributed by atoms with van der Waals surface area (Å²) in [6, 6.07) is 19.8. The second-order valence-corrected chi connectivity index (χ2v) is 10.8. The van der Waals surface area contributed by atoms with Crippen molar-refractivity contribution in [2.45, 2.75) is 20.8 Å². The van der Waals surface area contributed by atoms with E-state index in [0.717, 1.165) is 44.8 Å². The van der Waals surface area contributed by atoms with Crippen LogP contribution in [-0.2, 0) is 0 Å². The third kappa shape index (κ3) is 4.62. The maximum atomic E-state index is 13.1. The number of hydrogen-bond donors (Lipinski definition) is 3. The van der Waals surface area contributed by atoms with Crippen LogP contribution >= 0.6 is 9.24 Å². The maximum absolute atomic E-state index is 13.1. The Morgan fingerprint density at radius 1 is 1.03 bits per heavy atom. The zero-order valence-corrected chi connectivity index (χ0v) is 22.0. The number of rotatable bonds is 6. The second kappa shape index (κ2) is 9.45. The molecule has 3 aromatic carbocycles. The quantitative estimate of drug-likeness (QED) is 0.197. The van der Waals surface area contributed by atoms with Crippen LogP contribution < -0.4 is 20.9 Å². The average Bonchev–Trinajstić information content (AvgIpc) is 3.48. The minimum atomic E-state index is -0.192. The lowest BCUT2D eigenvalue weighted by Crippen LogP contribution is -2.29. The van der Waals surface area contributed by atoms with Crippen molar-refractivity contribution in [1.82, 2.24) is 15.8 Å². The third-order valence-electron chi connectivity index (χ3n) is 6.06. The predicted octanol–water partition coefficient (Wildman–Crippen LogP) is 6.04. The summed E-state index contributed by atoms with van der Waals surface area (Å²) in [5.74, 6) is 1.08. The van der Waals surface area contributed by atoms with Gasteiger partial charge in [0.15, 0.2) is 0 Å². The van der Waals surface area contributed by atoms with Crippen molar-refractivity contribution in [2.24, 2.45) is 5.41 Å². The van der Waals surface area contributed by atoms with Gasteiger partial charge in [-0.05, 0) is 40.5 Å². The number of carbonyl (C=O) groups is 1. The predicted molar refractivity (Wildman–Crippen MR) is 150 cm³/mol. The zero-order valence-electron chi connectivity index (χ0n) is 20.9. The van der Waals surface area contributed by atoms with Crippen LogP contribution in [0.15, 0.2) is 71.3 Å². The summed E-state index contributed by atoms with van der Waals surface area (Å²) in [5.41, 5.74) is 8.08. The Balaban J connectivity index is 1.67. The highest BCUT2D eigenvalue weighted by atomic mass is 31.0. The highest BCUT2D eigenvalue weighted by Gasteiger charge is 2.24. The van der Waals surface area contributed by atoms with E-state index in [0.29, 0.717) is 22.7 Å². The van der Waals surface area contributed by atoms with Gasteiger partial charge in [-0.3, -0.25) is 4.79 Å². The van der Waals surface area contributed by atoms with E-state index in [1.165, 1.54) is 0 Å².